The third-order valence-corrected chi connectivity index (χ3v) is 4.19. The van der Waals surface area contributed by atoms with Crippen molar-refractivity contribution in [3.63, 3.8) is 0 Å². The van der Waals surface area contributed by atoms with Crippen molar-refractivity contribution in [1.29, 1.82) is 0 Å². The van der Waals surface area contributed by atoms with Crippen LogP contribution in [0.25, 0.3) is 0 Å². The zero-order chi connectivity index (χ0) is 19.6. The second kappa shape index (κ2) is 10.7. The summed E-state index contributed by atoms with van der Waals surface area (Å²) in [5.41, 5.74) is 0.998. The Hall–Kier alpha value is -2.32. The van der Waals surface area contributed by atoms with Crippen LogP contribution in [0.5, 0.6) is 5.75 Å². The molecule has 1 heterocycles. The van der Waals surface area contributed by atoms with Gasteiger partial charge < -0.3 is 24.8 Å². The maximum Gasteiger partial charge on any atom is 0.317 e. The molecule has 1 fully saturated rings. The molecule has 2 amide bonds. The minimum atomic E-state index is -0.881. The number of benzene rings is 1. The zero-order valence-corrected chi connectivity index (χ0v) is 16.0. The highest BCUT2D eigenvalue weighted by molar-refractivity contribution is 5.74. The summed E-state index contributed by atoms with van der Waals surface area (Å²) in [5.74, 6) is -0.0533. The second-order valence-corrected chi connectivity index (χ2v) is 6.68. The molecule has 2 rings (SSSR count). The van der Waals surface area contributed by atoms with E-state index in [2.05, 4.69) is 12.2 Å². The van der Waals surface area contributed by atoms with Gasteiger partial charge in [-0.15, -0.1) is 0 Å². The first-order chi connectivity index (χ1) is 13.0. The Labute approximate surface area is 160 Å². The van der Waals surface area contributed by atoms with E-state index in [4.69, 9.17) is 14.6 Å². The van der Waals surface area contributed by atoms with Gasteiger partial charge in [-0.05, 0) is 31.2 Å². The van der Waals surface area contributed by atoms with Crippen LogP contribution in [0.4, 0.5) is 4.79 Å². The van der Waals surface area contributed by atoms with E-state index in [1.165, 1.54) is 0 Å². The summed E-state index contributed by atoms with van der Waals surface area (Å²) in [5, 5.41) is 11.7. The molecule has 1 unspecified atom stereocenters. The van der Waals surface area contributed by atoms with Gasteiger partial charge in [-0.25, -0.2) is 4.79 Å². The molecule has 0 saturated carbocycles. The number of carboxylic acids is 1. The number of carbonyl (C=O) groups is 2. The van der Waals surface area contributed by atoms with E-state index in [0.717, 1.165) is 17.7 Å². The Morgan fingerprint density at radius 2 is 2.11 bits per heavy atom. The van der Waals surface area contributed by atoms with Crippen LogP contribution in [0.15, 0.2) is 24.3 Å². The largest absolute Gasteiger partial charge is 0.494 e. The Balaban J connectivity index is 1.77. The third-order valence-electron chi connectivity index (χ3n) is 4.19. The van der Waals surface area contributed by atoms with Gasteiger partial charge in [-0.2, -0.15) is 0 Å². The summed E-state index contributed by atoms with van der Waals surface area (Å²) >= 11 is 0. The topological polar surface area (TPSA) is 91.3 Å². The molecule has 1 aromatic carbocycles. The fourth-order valence-corrected chi connectivity index (χ4v) is 2.87. The number of hydrogen-bond donors (Lipinski definition) is 2. The summed E-state index contributed by atoms with van der Waals surface area (Å²) in [6, 6.07) is 7.54. The number of carbonyl (C=O) groups excluding carboxylic acids is 1. The first kappa shape index (κ1) is 21.0. The molecule has 1 aromatic rings. The average molecular weight is 379 g/mol. The van der Waals surface area contributed by atoms with Crippen LogP contribution in [-0.4, -0.2) is 79.5 Å². The van der Waals surface area contributed by atoms with Gasteiger partial charge in [0.1, 0.15) is 5.75 Å². The smallest absolute Gasteiger partial charge is 0.317 e. The summed E-state index contributed by atoms with van der Waals surface area (Å²) < 4.78 is 11.2. The van der Waals surface area contributed by atoms with E-state index < -0.39 is 5.97 Å². The van der Waals surface area contributed by atoms with E-state index in [9.17, 15) is 9.59 Å². The van der Waals surface area contributed by atoms with Crippen molar-refractivity contribution >= 4 is 12.0 Å². The minimum Gasteiger partial charge on any atom is -0.494 e. The maximum atomic E-state index is 12.4. The molecule has 0 spiro atoms. The number of ether oxygens (including phenoxy) is 2. The highest BCUT2D eigenvalue weighted by atomic mass is 16.5. The van der Waals surface area contributed by atoms with E-state index in [1.54, 1.807) is 16.8 Å². The Morgan fingerprint density at radius 3 is 2.78 bits per heavy atom. The first-order valence-corrected chi connectivity index (χ1v) is 9.24. The van der Waals surface area contributed by atoms with Gasteiger partial charge in [-0.1, -0.05) is 19.1 Å². The lowest BCUT2D eigenvalue weighted by Gasteiger charge is -2.34. The standard InChI is InChI=1S/C19H29N3O5/c1-3-9-26-16-6-4-15(5-7-16)11-20-19(25)22-8-10-27-17(13-22)12-21(2)14-18(23)24/h4-7,17H,3,8-14H2,1-2H3,(H,20,25)(H,23,24). The molecule has 0 aliphatic carbocycles. The third kappa shape index (κ3) is 7.44. The summed E-state index contributed by atoms with van der Waals surface area (Å²) in [4.78, 5) is 26.6. The van der Waals surface area contributed by atoms with Crippen LogP contribution in [-0.2, 0) is 16.1 Å². The number of rotatable bonds is 9. The van der Waals surface area contributed by atoms with E-state index in [1.807, 2.05) is 24.3 Å². The van der Waals surface area contributed by atoms with Gasteiger partial charge in [0, 0.05) is 26.2 Å². The second-order valence-electron chi connectivity index (χ2n) is 6.68. The van der Waals surface area contributed by atoms with Gasteiger partial charge in [-0.3, -0.25) is 9.69 Å². The van der Waals surface area contributed by atoms with Crippen molar-refractivity contribution in [2.45, 2.75) is 26.0 Å². The predicted octanol–water partition coefficient (Wildman–Crippen LogP) is 1.40. The summed E-state index contributed by atoms with van der Waals surface area (Å²) in [7, 11) is 1.73. The Kier molecular flexibility index (Phi) is 8.35. The van der Waals surface area contributed by atoms with E-state index in [-0.39, 0.29) is 18.7 Å². The van der Waals surface area contributed by atoms with Crippen LogP contribution in [0.3, 0.4) is 0 Å². The maximum absolute atomic E-state index is 12.4. The average Bonchev–Trinajstić information content (AvgIpc) is 2.64. The predicted molar refractivity (Wildman–Crippen MR) is 101 cm³/mol. The summed E-state index contributed by atoms with van der Waals surface area (Å²) in [6.45, 7) is 5.02. The normalized spacial score (nSPS) is 17.0. The number of amides is 2. The van der Waals surface area contributed by atoms with Crippen molar-refractivity contribution in [2.24, 2.45) is 0 Å². The number of morpholine rings is 1. The lowest BCUT2D eigenvalue weighted by molar-refractivity contribution is -0.138. The van der Waals surface area contributed by atoms with Crippen LogP contribution < -0.4 is 10.1 Å². The molecule has 0 aromatic heterocycles. The van der Waals surface area contributed by atoms with Gasteiger partial charge in [0.2, 0.25) is 0 Å². The van der Waals surface area contributed by atoms with E-state index >= 15 is 0 Å². The molecule has 1 aliphatic heterocycles. The van der Waals surface area contributed by atoms with Crippen molar-refractivity contribution in [3.05, 3.63) is 29.8 Å². The molecule has 1 saturated heterocycles. The zero-order valence-electron chi connectivity index (χ0n) is 16.0. The molecule has 27 heavy (non-hydrogen) atoms. The van der Waals surface area contributed by atoms with Crippen LogP contribution >= 0.6 is 0 Å². The highest BCUT2D eigenvalue weighted by Crippen LogP contribution is 2.13. The molecule has 2 N–H and O–H groups in total. The number of aliphatic carboxylic acids is 1. The highest BCUT2D eigenvalue weighted by Gasteiger charge is 2.25. The number of carboxylic acid groups (broad SMARTS) is 1. The number of nitrogens with zero attached hydrogens (tertiary/aromatic N) is 2. The molecule has 150 valence electrons. The first-order valence-electron chi connectivity index (χ1n) is 9.24. The van der Waals surface area contributed by atoms with Gasteiger partial charge in [0.05, 0.1) is 25.9 Å². The van der Waals surface area contributed by atoms with Crippen molar-refractivity contribution in [1.82, 2.24) is 15.1 Å². The number of hydrogen-bond acceptors (Lipinski definition) is 5. The summed E-state index contributed by atoms with van der Waals surface area (Å²) in [6.07, 6.45) is 0.772. The molecule has 8 nitrogen and oxygen atoms in total. The molecular formula is C19H29N3O5. The fraction of sp³-hybridized carbons (Fsp3) is 0.579. The van der Waals surface area contributed by atoms with Gasteiger partial charge in [0.15, 0.2) is 0 Å². The van der Waals surface area contributed by atoms with Crippen molar-refractivity contribution < 1.29 is 24.2 Å². The molecule has 1 atom stereocenters. The molecule has 1 aliphatic rings. The van der Waals surface area contributed by atoms with E-state index in [0.29, 0.717) is 39.4 Å². The lowest BCUT2D eigenvalue weighted by Crippen LogP contribution is -2.52. The van der Waals surface area contributed by atoms with Gasteiger partial charge >= 0.3 is 12.0 Å². The van der Waals surface area contributed by atoms with Crippen LogP contribution in [0.2, 0.25) is 0 Å². The molecular weight excluding hydrogens is 350 g/mol. The number of urea groups is 1. The van der Waals surface area contributed by atoms with Crippen LogP contribution in [0.1, 0.15) is 18.9 Å². The number of nitrogens with one attached hydrogen (secondary N) is 1. The molecule has 0 bridgehead atoms. The minimum absolute atomic E-state index is 0.0516. The van der Waals surface area contributed by atoms with Crippen molar-refractivity contribution in [3.8, 4) is 5.75 Å². The lowest BCUT2D eigenvalue weighted by atomic mass is 10.2. The SMILES string of the molecule is CCCOc1ccc(CNC(=O)N2CCOC(CN(C)CC(=O)O)C2)cc1. The van der Waals surface area contributed by atoms with Gasteiger partial charge in [0.25, 0.3) is 0 Å². The van der Waals surface area contributed by atoms with Crippen molar-refractivity contribution in [2.75, 3.05) is 46.4 Å². The van der Waals surface area contributed by atoms with Crippen LogP contribution in [0, 0.1) is 0 Å². The fourth-order valence-electron chi connectivity index (χ4n) is 2.87. The quantitative estimate of drug-likeness (QED) is 0.674. The Morgan fingerprint density at radius 1 is 1.37 bits per heavy atom. The Bertz CT molecular complexity index is 608. The molecule has 8 heteroatoms. The number of likely N-dealkylation sites (N-methyl/N-ethyl adjacent to an activating group) is 1. The monoisotopic (exact) mass is 379 g/mol. The molecule has 0 radical (unpaired) electrons.